The number of aromatic nitrogens is 1. The van der Waals surface area contributed by atoms with Crippen molar-refractivity contribution in [1.82, 2.24) is 9.29 Å². The van der Waals surface area contributed by atoms with Gasteiger partial charge in [-0.05, 0) is 62.9 Å². The quantitative estimate of drug-likeness (QED) is 0.731. The van der Waals surface area contributed by atoms with Crippen LogP contribution in [0.4, 0.5) is 0 Å². The van der Waals surface area contributed by atoms with Gasteiger partial charge in [-0.25, -0.2) is 8.93 Å². The van der Waals surface area contributed by atoms with Crippen molar-refractivity contribution in [2.75, 3.05) is 0 Å². The van der Waals surface area contributed by atoms with E-state index in [1.165, 1.54) is 5.39 Å². The number of rotatable bonds is 4. The molecule has 0 aliphatic heterocycles. The van der Waals surface area contributed by atoms with Gasteiger partial charge in [0.05, 0.1) is 21.2 Å². The van der Waals surface area contributed by atoms with Gasteiger partial charge in [-0.1, -0.05) is 30.3 Å². The van der Waals surface area contributed by atoms with Crippen LogP contribution in [0.15, 0.2) is 60.8 Å². The zero-order valence-electron chi connectivity index (χ0n) is 14.6. The Bertz CT molecular complexity index is 862. The zero-order chi connectivity index (χ0) is 17.3. The molecule has 0 saturated heterocycles. The van der Waals surface area contributed by atoms with Gasteiger partial charge in [-0.2, -0.15) is 0 Å². The lowest BCUT2D eigenvalue weighted by Crippen LogP contribution is -2.34. The van der Waals surface area contributed by atoms with E-state index < -0.39 is 11.0 Å². The molecule has 0 radical (unpaired) electrons. The lowest BCUT2D eigenvalue weighted by Gasteiger charge is -2.22. The van der Waals surface area contributed by atoms with Gasteiger partial charge in [0.25, 0.3) is 0 Å². The van der Waals surface area contributed by atoms with Crippen LogP contribution in [0.25, 0.3) is 16.6 Å². The zero-order valence-corrected chi connectivity index (χ0v) is 15.4. The van der Waals surface area contributed by atoms with E-state index in [0.717, 1.165) is 16.8 Å². The Labute approximate surface area is 146 Å². The molecule has 126 valence electrons. The van der Waals surface area contributed by atoms with Crippen LogP contribution in [-0.4, -0.2) is 13.5 Å². The molecule has 1 N–H and O–H groups in total. The number of nitrogens with zero attached hydrogens (tertiary/aromatic N) is 1. The van der Waals surface area contributed by atoms with Crippen molar-refractivity contribution in [3.63, 3.8) is 0 Å². The number of hydrogen-bond donors (Lipinski definition) is 1. The molecular formula is C20H24N2OS. The second-order valence-electron chi connectivity index (χ2n) is 7.06. The summed E-state index contributed by atoms with van der Waals surface area (Å²) in [7, 11) is -1.09. The summed E-state index contributed by atoms with van der Waals surface area (Å²) in [5, 5.41) is 1.20. The standard InChI is InChI=1S/C20H24N2OS/c1-15(21-24(23)20(2,3)4)17-11-10-16-12-13-22(19(16)14-17)18-8-6-5-7-9-18/h5-15,21H,1-4H3/t15-,24+/m0/s1. The molecule has 0 saturated carbocycles. The van der Waals surface area contributed by atoms with Crippen LogP contribution in [0.5, 0.6) is 0 Å². The van der Waals surface area contributed by atoms with Crippen LogP contribution >= 0.6 is 0 Å². The summed E-state index contributed by atoms with van der Waals surface area (Å²) in [6.45, 7) is 7.99. The van der Waals surface area contributed by atoms with Crippen molar-refractivity contribution in [3.8, 4) is 5.69 Å². The normalized spacial score (nSPS) is 14.7. The van der Waals surface area contributed by atoms with Crippen LogP contribution in [0.3, 0.4) is 0 Å². The van der Waals surface area contributed by atoms with Crippen molar-refractivity contribution >= 4 is 21.9 Å². The molecule has 0 bridgehead atoms. The number of fused-ring (bicyclic) bond motifs is 1. The van der Waals surface area contributed by atoms with Crippen LogP contribution in [-0.2, 0) is 11.0 Å². The van der Waals surface area contributed by atoms with E-state index in [0.29, 0.717) is 0 Å². The summed E-state index contributed by atoms with van der Waals surface area (Å²) in [4.78, 5) is 0. The molecule has 0 fully saturated rings. The van der Waals surface area contributed by atoms with Crippen molar-refractivity contribution in [2.45, 2.75) is 38.5 Å². The van der Waals surface area contributed by atoms with Gasteiger partial charge in [-0.15, -0.1) is 0 Å². The third-order valence-electron chi connectivity index (χ3n) is 4.09. The second kappa shape index (κ2) is 6.54. The maximum atomic E-state index is 12.3. The van der Waals surface area contributed by atoms with E-state index in [2.05, 4.69) is 58.8 Å². The fourth-order valence-corrected chi connectivity index (χ4v) is 3.44. The minimum absolute atomic E-state index is 0.0218. The molecule has 3 rings (SSSR count). The largest absolute Gasteiger partial charge is 0.317 e. The lowest BCUT2D eigenvalue weighted by atomic mass is 10.1. The molecule has 0 aliphatic carbocycles. The van der Waals surface area contributed by atoms with Gasteiger partial charge >= 0.3 is 0 Å². The van der Waals surface area contributed by atoms with E-state index in [1.54, 1.807) is 0 Å². The van der Waals surface area contributed by atoms with Crippen molar-refractivity contribution in [2.24, 2.45) is 0 Å². The first kappa shape index (κ1) is 16.9. The average molecular weight is 340 g/mol. The molecule has 2 atom stereocenters. The summed E-state index contributed by atoms with van der Waals surface area (Å²) < 4.78 is 17.5. The Morgan fingerprint density at radius 1 is 1.04 bits per heavy atom. The first-order chi connectivity index (χ1) is 11.4. The predicted octanol–water partition coefficient (Wildman–Crippen LogP) is 4.74. The van der Waals surface area contributed by atoms with Gasteiger partial charge < -0.3 is 4.57 Å². The Hall–Kier alpha value is -1.91. The van der Waals surface area contributed by atoms with Crippen LogP contribution in [0, 0.1) is 0 Å². The maximum Gasteiger partial charge on any atom is 0.0975 e. The highest BCUT2D eigenvalue weighted by Crippen LogP contribution is 2.25. The first-order valence-electron chi connectivity index (χ1n) is 8.21. The van der Waals surface area contributed by atoms with Crippen molar-refractivity contribution in [3.05, 3.63) is 66.4 Å². The van der Waals surface area contributed by atoms with Crippen molar-refractivity contribution in [1.29, 1.82) is 0 Å². The van der Waals surface area contributed by atoms with Crippen LogP contribution < -0.4 is 4.72 Å². The maximum absolute atomic E-state index is 12.3. The Kier molecular flexibility index (Phi) is 4.61. The summed E-state index contributed by atoms with van der Waals surface area (Å²) in [6.07, 6.45) is 2.09. The SMILES string of the molecule is C[C@H](N[S@](=O)C(C)(C)C)c1ccc2ccn(-c3ccccc3)c2c1. The molecule has 1 aromatic heterocycles. The molecule has 1 heterocycles. The van der Waals surface area contributed by atoms with E-state index in [-0.39, 0.29) is 10.8 Å². The van der Waals surface area contributed by atoms with Crippen LogP contribution in [0.2, 0.25) is 0 Å². The Morgan fingerprint density at radius 3 is 2.42 bits per heavy atom. The van der Waals surface area contributed by atoms with E-state index >= 15 is 0 Å². The predicted molar refractivity (Wildman–Crippen MR) is 103 cm³/mol. The second-order valence-corrected chi connectivity index (χ2v) is 9.06. The third kappa shape index (κ3) is 3.45. The van der Waals surface area contributed by atoms with Gasteiger partial charge in [0.15, 0.2) is 0 Å². The summed E-state index contributed by atoms with van der Waals surface area (Å²) in [5.41, 5.74) is 3.44. The van der Waals surface area contributed by atoms with E-state index in [9.17, 15) is 4.21 Å². The molecule has 4 heteroatoms. The summed E-state index contributed by atoms with van der Waals surface area (Å²) >= 11 is 0. The Balaban J connectivity index is 1.95. The number of benzene rings is 2. The molecule has 0 spiro atoms. The molecule has 2 aromatic carbocycles. The van der Waals surface area contributed by atoms with E-state index in [4.69, 9.17) is 0 Å². The molecule has 3 aromatic rings. The summed E-state index contributed by atoms with van der Waals surface area (Å²) in [5.74, 6) is 0. The molecule has 0 aliphatic rings. The topological polar surface area (TPSA) is 34.0 Å². The molecule has 3 nitrogen and oxygen atoms in total. The van der Waals surface area contributed by atoms with Gasteiger partial charge in [0.2, 0.25) is 0 Å². The highest BCUT2D eigenvalue weighted by atomic mass is 32.2. The first-order valence-corrected chi connectivity index (χ1v) is 9.36. The molecule has 24 heavy (non-hydrogen) atoms. The van der Waals surface area contributed by atoms with Gasteiger partial charge in [-0.3, -0.25) is 0 Å². The lowest BCUT2D eigenvalue weighted by molar-refractivity contribution is 0.616. The fourth-order valence-electron chi connectivity index (χ4n) is 2.63. The highest BCUT2D eigenvalue weighted by Gasteiger charge is 2.21. The smallest absolute Gasteiger partial charge is 0.0975 e. The van der Waals surface area contributed by atoms with Crippen molar-refractivity contribution < 1.29 is 4.21 Å². The molecule has 0 amide bonds. The minimum Gasteiger partial charge on any atom is -0.317 e. The Morgan fingerprint density at radius 2 is 1.75 bits per heavy atom. The monoisotopic (exact) mass is 340 g/mol. The fraction of sp³-hybridized carbons (Fsp3) is 0.300. The third-order valence-corrected chi connectivity index (χ3v) is 5.77. The average Bonchev–Trinajstić information content (AvgIpc) is 2.97. The van der Waals surface area contributed by atoms with Gasteiger partial charge in [0, 0.05) is 17.9 Å². The number of nitrogens with one attached hydrogen (secondary N) is 1. The highest BCUT2D eigenvalue weighted by molar-refractivity contribution is 7.84. The van der Waals surface area contributed by atoms with E-state index in [1.807, 2.05) is 39.0 Å². The summed E-state index contributed by atoms with van der Waals surface area (Å²) in [6, 6.07) is 18.9. The molecule has 0 unspecified atom stereocenters. The number of para-hydroxylation sites is 1. The van der Waals surface area contributed by atoms with Crippen LogP contribution in [0.1, 0.15) is 39.3 Å². The van der Waals surface area contributed by atoms with Gasteiger partial charge in [0.1, 0.15) is 0 Å². The number of hydrogen-bond acceptors (Lipinski definition) is 1. The molecular weight excluding hydrogens is 316 g/mol. The minimum atomic E-state index is -1.09.